The second-order valence-electron chi connectivity index (χ2n) is 2.30. The highest BCUT2D eigenvalue weighted by Gasteiger charge is 2.31. The molecule has 1 atom stereocenters. The standard InChI is InChI=1S/C6H10O2/c1-5-3-2-4-6(5,7)8/h2-3,5,7-8H,4H2,1H3. The van der Waals surface area contributed by atoms with E-state index in [0.717, 1.165) is 0 Å². The van der Waals surface area contributed by atoms with Gasteiger partial charge in [-0.3, -0.25) is 0 Å². The molecule has 1 aliphatic carbocycles. The van der Waals surface area contributed by atoms with Crippen LogP contribution in [0.3, 0.4) is 0 Å². The quantitative estimate of drug-likeness (QED) is 0.350. The molecule has 1 aliphatic rings. The summed E-state index contributed by atoms with van der Waals surface area (Å²) in [5.74, 6) is -1.57. The lowest BCUT2D eigenvalue weighted by Gasteiger charge is -2.19. The predicted octanol–water partition coefficient (Wildman–Crippen LogP) is 0.263. The molecule has 0 spiro atoms. The summed E-state index contributed by atoms with van der Waals surface area (Å²) in [6, 6.07) is 0. The molecule has 0 amide bonds. The molecule has 2 heteroatoms. The molecule has 1 rings (SSSR count). The summed E-state index contributed by atoms with van der Waals surface area (Å²) < 4.78 is 0. The molecular weight excluding hydrogens is 104 g/mol. The van der Waals surface area contributed by atoms with Crippen LogP contribution in [0, 0.1) is 5.92 Å². The minimum Gasteiger partial charge on any atom is -0.365 e. The SMILES string of the molecule is CC1C=CCC1(O)O. The van der Waals surface area contributed by atoms with E-state index in [9.17, 15) is 0 Å². The number of hydrogen-bond acceptors (Lipinski definition) is 2. The lowest BCUT2D eigenvalue weighted by atomic mass is 10.1. The molecule has 0 aliphatic heterocycles. The second-order valence-corrected chi connectivity index (χ2v) is 2.30. The van der Waals surface area contributed by atoms with Gasteiger partial charge in [-0.2, -0.15) is 0 Å². The summed E-state index contributed by atoms with van der Waals surface area (Å²) in [5.41, 5.74) is 0. The maximum atomic E-state index is 8.96. The van der Waals surface area contributed by atoms with Gasteiger partial charge in [0.2, 0.25) is 0 Å². The summed E-state index contributed by atoms with van der Waals surface area (Å²) in [4.78, 5) is 0. The Labute approximate surface area is 48.5 Å². The highest BCUT2D eigenvalue weighted by molar-refractivity contribution is 5.03. The van der Waals surface area contributed by atoms with Gasteiger partial charge < -0.3 is 10.2 Å². The summed E-state index contributed by atoms with van der Waals surface area (Å²) in [5, 5.41) is 17.9. The van der Waals surface area contributed by atoms with Crippen LogP contribution in [0.1, 0.15) is 13.3 Å². The Morgan fingerprint density at radius 2 is 2.25 bits per heavy atom. The van der Waals surface area contributed by atoms with Crippen molar-refractivity contribution in [2.75, 3.05) is 0 Å². The maximum Gasteiger partial charge on any atom is 0.172 e. The van der Waals surface area contributed by atoms with Gasteiger partial charge in [-0.15, -0.1) is 0 Å². The molecule has 0 heterocycles. The van der Waals surface area contributed by atoms with E-state index < -0.39 is 5.79 Å². The van der Waals surface area contributed by atoms with Gasteiger partial charge in [0.05, 0.1) is 0 Å². The van der Waals surface area contributed by atoms with Crippen LogP contribution in [-0.4, -0.2) is 16.0 Å². The van der Waals surface area contributed by atoms with Crippen molar-refractivity contribution in [3.63, 3.8) is 0 Å². The van der Waals surface area contributed by atoms with Gasteiger partial charge in [0, 0.05) is 12.3 Å². The molecule has 0 aromatic carbocycles. The van der Waals surface area contributed by atoms with Crippen LogP contribution in [0.15, 0.2) is 12.2 Å². The fourth-order valence-electron chi connectivity index (χ4n) is 0.786. The lowest BCUT2D eigenvalue weighted by Crippen LogP contribution is -2.30. The molecule has 0 aromatic rings. The van der Waals surface area contributed by atoms with Crippen molar-refractivity contribution in [2.45, 2.75) is 19.1 Å². The first-order valence-electron chi connectivity index (χ1n) is 2.74. The average molecular weight is 114 g/mol. The fourth-order valence-corrected chi connectivity index (χ4v) is 0.786. The third kappa shape index (κ3) is 0.767. The van der Waals surface area contributed by atoms with Crippen molar-refractivity contribution < 1.29 is 10.2 Å². The first-order valence-corrected chi connectivity index (χ1v) is 2.74. The Hall–Kier alpha value is -0.340. The van der Waals surface area contributed by atoms with Crippen LogP contribution >= 0.6 is 0 Å². The van der Waals surface area contributed by atoms with E-state index in [1.165, 1.54) is 0 Å². The fraction of sp³-hybridized carbons (Fsp3) is 0.667. The Morgan fingerprint density at radius 1 is 1.62 bits per heavy atom. The maximum absolute atomic E-state index is 8.96. The summed E-state index contributed by atoms with van der Waals surface area (Å²) in [7, 11) is 0. The van der Waals surface area contributed by atoms with Crippen molar-refractivity contribution in [1.82, 2.24) is 0 Å². The van der Waals surface area contributed by atoms with Crippen molar-refractivity contribution in [1.29, 1.82) is 0 Å². The minimum absolute atomic E-state index is 0.109. The van der Waals surface area contributed by atoms with Gasteiger partial charge >= 0.3 is 0 Å². The molecule has 0 fully saturated rings. The minimum atomic E-state index is -1.46. The van der Waals surface area contributed by atoms with Gasteiger partial charge in [-0.1, -0.05) is 19.1 Å². The Kier molecular flexibility index (Phi) is 1.14. The zero-order valence-electron chi connectivity index (χ0n) is 4.83. The molecule has 46 valence electrons. The molecule has 0 saturated carbocycles. The lowest BCUT2D eigenvalue weighted by molar-refractivity contribution is -0.174. The van der Waals surface area contributed by atoms with Gasteiger partial charge in [-0.25, -0.2) is 0 Å². The van der Waals surface area contributed by atoms with Crippen molar-refractivity contribution >= 4 is 0 Å². The van der Waals surface area contributed by atoms with Crippen LogP contribution in [0.4, 0.5) is 0 Å². The monoisotopic (exact) mass is 114 g/mol. The van der Waals surface area contributed by atoms with Gasteiger partial charge in [0.25, 0.3) is 0 Å². The largest absolute Gasteiger partial charge is 0.365 e. The molecule has 2 N–H and O–H groups in total. The van der Waals surface area contributed by atoms with Gasteiger partial charge in [-0.05, 0) is 0 Å². The van der Waals surface area contributed by atoms with Crippen LogP contribution in [0.25, 0.3) is 0 Å². The molecule has 8 heavy (non-hydrogen) atoms. The number of hydrogen-bond donors (Lipinski definition) is 2. The molecule has 2 nitrogen and oxygen atoms in total. The molecule has 0 radical (unpaired) electrons. The Morgan fingerprint density at radius 3 is 2.38 bits per heavy atom. The molecule has 0 saturated heterocycles. The summed E-state index contributed by atoms with van der Waals surface area (Å²) in [6.07, 6.45) is 3.96. The van der Waals surface area contributed by atoms with Gasteiger partial charge in [0.15, 0.2) is 5.79 Å². The Balaban J connectivity index is 2.64. The topological polar surface area (TPSA) is 40.5 Å². The van der Waals surface area contributed by atoms with E-state index in [1.807, 2.05) is 0 Å². The molecule has 0 aromatic heterocycles. The van der Waals surface area contributed by atoms with E-state index in [2.05, 4.69) is 0 Å². The molecule has 1 unspecified atom stereocenters. The summed E-state index contributed by atoms with van der Waals surface area (Å²) >= 11 is 0. The van der Waals surface area contributed by atoms with Crippen molar-refractivity contribution in [3.05, 3.63) is 12.2 Å². The normalized spacial score (nSPS) is 33.6. The van der Waals surface area contributed by atoms with Crippen LogP contribution in [0.5, 0.6) is 0 Å². The molecular formula is C6H10O2. The third-order valence-electron chi connectivity index (χ3n) is 1.57. The average Bonchev–Trinajstić information content (AvgIpc) is 1.86. The van der Waals surface area contributed by atoms with E-state index in [-0.39, 0.29) is 5.92 Å². The number of aliphatic hydroxyl groups is 2. The van der Waals surface area contributed by atoms with E-state index >= 15 is 0 Å². The highest BCUT2D eigenvalue weighted by Crippen LogP contribution is 2.25. The van der Waals surface area contributed by atoms with Gasteiger partial charge in [0.1, 0.15) is 0 Å². The van der Waals surface area contributed by atoms with Crippen molar-refractivity contribution in [3.8, 4) is 0 Å². The first kappa shape index (κ1) is 5.79. The molecule has 0 bridgehead atoms. The summed E-state index contributed by atoms with van der Waals surface area (Å²) in [6.45, 7) is 1.78. The zero-order chi connectivity index (χ0) is 6.20. The predicted molar refractivity (Wildman–Crippen MR) is 30.1 cm³/mol. The van der Waals surface area contributed by atoms with Crippen LogP contribution in [0.2, 0.25) is 0 Å². The smallest absolute Gasteiger partial charge is 0.172 e. The van der Waals surface area contributed by atoms with E-state index in [1.54, 1.807) is 19.1 Å². The van der Waals surface area contributed by atoms with E-state index in [0.29, 0.717) is 6.42 Å². The Bertz CT molecular complexity index is 116. The van der Waals surface area contributed by atoms with Crippen LogP contribution < -0.4 is 0 Å². The van der Waals surface area contributed by atoms with Crippen molar-refractivity contribution in [2.24, 2.45) is 5.92 Å². The second kappa shape index (κ2) is 1.57. The van der Waals surface area contributed by atoms with E-state index in [4.69, 9.17) is 10.2 Å². The number of rotatable bonds is 0. The zero-order valence-corrected chi connectivity index (χ0v) is 4.83. The first-order chi connectivity index (χ1) is 3.63. The third-order valence-corrected chi connectivity index (χ3v) is 1.57. The van der Waals surface area contributed by atoms with Crippen LogP contribution in [-0.2, 0) is 0 Å². The highest BCUT2D eigenvalue weighted by atomic mass is 16.5.